The molecule has 0 saturated heterocycles. The molecule has 138 valence electrons. The summed E-state index contributed by atoms with van der Waals surface area (Å²) in [6, 6.07) is 11.8. The Kier molecular flexibility index (Phi) is 6.31. The van der Waals surface area contributed by atoms with Crippen molar-refractivity contribution < 1.29 is 27.5 Å². The first-order valence-electron chi connectivity index (χ1n) is 7.63. The monoisotopic (exact) mass is 378 g/mol. The smallest absolute Gasteiger partial charge is 0.338 e. The number of sulfonamides is 1. The number of esters is 1. The fraction of sp³-hybridized carbons (Fsp3) is 0.176. The van der Waals surface area contributed by atoms with E-state index in [0.29, 0.717) is 18.0 Å². The summed E-state index contributed by atoms with van der Waals surface area (Å²) in [6.45, 7) is 1.76. The maximum Gasteiger partial charge on any atom is 0.338 e. The fourth-order valence-electron chi connectivity index (χ4n) is 2.03. The highest BCUT2D eigenvalue weighted by molar-refractivity contribution is 7.89. The molecule has 0 bridgehead atoms. The number of benzene rings is 2. The molecule has 8 nitrogen and oxygen atoms in total. The molecule has 1 amide bonds. The Morgan fingerprint density at radius 1 is 1.08 bits per heavy atom. The van der Waals surface area contributed by atoms with Gasteiger partial charge in [0.05, 0.1) is 22.8 Å². The van der Waals surface area contributed by atoms with Gasteiger partial charge in [0, 0.05) is 0 Å². The average Bonchev–Trinajstić information content (AvgIpc) is 2.61. The Morgan fingerprint density at radius 3 is 2.35 bits per heavy atom. The zero-order valence-electron chi connectivity index (χ0n) is 14.0. The van der Waals surface area contributed by atoms with E-state index in [2.05, 4.69) is 5.32 Å². The number of para-hydroxylation sites is 2. The molecule has 2 aromatic rings. The number of hydrogen-bond donors (Lipinski definition) is 2. The van der Waals surface area contributed by atoms with Crippen LogP contribution in [0.4, 0.5) is 5.69 Å². The van der Waals surface area contributed by atoms with Gasteiger partial charge in [0.1, 0.15) is 5.75 Å². The molecular weight excluding hydrogens is 360 g/mol. The lowest BCUT2D eigenvalue weighted by atomic mass is 10.2. The third kappa shape index (κ3) is 5.30. The molecule has 0 saturated carbocycles. The SMILES string of the molecule is CCOc1ccccc1NC(=O)COC(=O)c1ccc(S(N)(=O)=O)cc1. The minimum Gasteiger partial charge on any atom is -0.492 e. The van der Waals surface area contributed by atoms with E-state index in [9.17, 15) is 18.0 Å². The predicted molar refractivity (Wildman–Crippen MR) is 94.3 cm³/mol. The van der Waals surface area contributed by atoms with Crippen molar-refractivity contribution in [1.82, 2.24) is 0 Å². The first kappa shape index (κ1) is 19.4. The summed E-state index contributed by atoms with van der Waals surface area (Å²) in [5.41, 5.74) is 0.563. The number of amides is 1. The van der Waals surface area contributed by atoms with Crippen LogP contribution in [0.15, 0.2) is 53.4 Å². The van der Waals surface area contributed by atoms with Crippen LogP contribution in [0.3, 0.4) is 0 Å². The second-order valence-corrected chi connectivity index (χ2v) is 6.68. The zero-order chi connectivity index (χ0) is 19.2. The first-order valence-corrected chi connectivity index (χ1v) is 9.17. The fourth-order valence-corrected chi connectivity index (χ4v) is 2.55. The Morgan fingerprint density at radius 2 is 1.73 bits per heavy atom. The lowest BCUT2D eigenvalue weighted by Gasteiger charge is -2.11. The number of ether oxygens (including phenoxy) is 2. The van der Waals surface area contributed by atoms with Gasteiger partial charge in [-0.3, -0.25) is 4.79 Å². The maximum absolute atomic E-state index is 12.0. The number of anilines is 1. The maximum atomic E-state index is 12.0. The van der Waals surface area contributed by atoms with Gasteiger partial charge in [-0.2, -0.15) is 0 Å². The van der Waals surface area contributed by atoms with Crippen molar-refractivity contribution in [3.63, 3.8) is 0 Å². The predicted octanol–water partition coefficient (Wildman–Crippen LogP) is 1.53. The first-order chi connectivity index (χ1) is 12.3. The van der Waals surface area contributed by atoms with Crippen LogP contribution in [0.1, 0.15) is 17.3 Å². The molecular formula is C17H18N2O6S. The Bertz CT molecular complexity index is 894. The molecule has 9 heteroatoms. The molecule has 0 aliphatic heterocycles. The van der Waals surface area contributed by atoms with Crippen molar-refractivity contribution in [2.75, 3.05) is 18.5 Å². The van der Waals surface area contributed by atoms with E-state index in [1.807, 2.05) is 6.92 Å². The summed E-state index contributed by atoms with van der Waals surface area (Å²) >= 11 is 0. The molecule has 0 heterocycles. The molecule has 0 unspecified atom stereocenters. The molecule has 2 aromatic carbocycles. The molecule has 0 spiro atoms. The van der Waals surface area contributed by atoms with E-state index in [0.717, 1.165) is 0 Å². The second kappa shape index (κ2) is 8.45. The van der Waals surface area contributed by atoms with Crippen LogP contribution < -0.4 is 15.2 Å². The van der Waals surface area contributed by atoms with Gasteiger partial charge in [-0.05, 0) is 43.3 Å². The van der Waals surface area contributed by atoms with Crippen LogP contribution in [0.2, 0.25) is 0 Å². The van der Waals surface area contributed by atoms with Crippen molar-refractivity contribution in [2.24, 2.45) is 5.14 Å². The van der Waals surface area contributed by atoms with Crippen LogP contribution in [-0.4, -0.2) is 33.5 Å². The van der Waals surface area contributed by atoms with E-state index >= 15 is 0 Å². The van der Waals surface area contributed by atoms with Gasteiger partial charge in [-0.25, -0.2) is 18.4 Å². The number of carbonyl (C=O) groups is 2. The van der Waals surface area contributed by atoms with Crippen molar-refractivity contribution in [3.8, 4) is 5.75 Å². The van der Waals surface area contributed by atoms with Gasteiger partial charge >= 0.3 is 5.97 Å². The molecule has 0 aliphatic carbocycles. The van der Waals surface area contributed by atoms with Gasteiger partial charge in [0.25, 0.3) is 5.91 Å². The number of rotatable bonds is 7. The van der Waals surface area contributed by atoms with Crippen molar-refractivity contribution in [1.29, 1.82) is 0 Å². The van der Waals surface area contributed by atoms with E-state index < -0.39 is 28.5 Å². The lowest BCUT2D eigenvalue weighted by Crippen LogP contribution is -2.21. The lowest BCUT2D eigenvalue weighted by molar-refractivity contribution is -0.119. The third-order valence-corrected chi connectivity index (χ3v) is 4.14. The van der Waals surface area contributed by atoms with Gasteiger partial charge < -0.3 is 14.8 Å². The molecule has 2 rings (SSSR count). The highest BCUT2D eigenvalue weighted by atomic mass is 32.2. The van der Waals surface area contributed by atoms with Crippen molar-refractivity contribution in [3.05, 3.63) is 54.1 Å². The minimum atomic E-state index is -3.84. The Hall–Kier alpha value is -2.91. The highest BCUT2D eigenvalue weighted by Crippen LogP contribution is 2.23. The summed E-state index contributed by atoms with van der Waals surface area (Å²) in [7, 11) is -3.84. The van der Waals surface area contributed by atoms with Crippen LogP contribution in [0, 0.1) is 0 Å². The topological polar surface area (TPSA) is 125 Å². The molecule has 3 N–H and O–H groups in total. The largest absolute Gasteiger partial charge is 0.492 e. The van der Waals surface area contributed by atoms with Crippen LogP contribution in [0.5, 0.6) is 5.75 Å². The third-order valence-electron chi connectivity index (χ3n) is 3.21. The Balaban J connectivity index is 1.94. The summed E-state index contributed by atoms with van der Waals surface area (Å²) in [5, 5.41) is 7.58. The molecule has 0 radical (unpaired) electrons. The summed E-state index contributed by atoms with van der Waals surface area (Å²) in [5.74, 6) is -0.792. The number of nitrogens with one attached hydrogen (secondary N) is 1. The number of carbonyl (C=O) groups excluding carboxylic acids is 2. The van der Waals surface area contributed by atoms with Crippen molar-refractivity contribution in [2.45, 2.75) is 11.8 Å². The normalized spacial score (nSPS) is 10.8. The second-order valence-electron chi connectivity index (χ2n) is 5.12. The van der Waals surface area contributed by atoms with E-state index in [1.165, 1.54) is 24.3 Å². The van der Waals surface area contributed by atoms with E-state index in [-0.39, 0.29) is 10.5 Å². The van der Waals surface area contributed by atoms with Crippen LogP contribution in [0.25, 0.3) is 0 Å². The van der Waals surface area contributed by atoms with Crippen molar-refractivity contribution >= 4 is 27.6 Å². The number of hydrogen-bond acceptors (Lipinski definition) is 6. The van der Waals surface area contributed by atoms with Gasteiger partial charge in [-0.15, -0.1) is 0 Å². The zero-order valence-corrected chi connectivity index (χ0v) is 14.8. The summed E-state index contributed by atoms with van der Waals surface area (Å²) < 4.78 is 32.7. The van der Waals surface area contributed by atoms with Gasteiger partial charge in [0.2, 0.25) is 10.0 Å². The van der Waals surface area contributed by atoms with Gasteiger partial charge in [-0.1, -0.05) is 12.1 Å². The molecule has 0 aromatic heterocycles. The van der Waals surface area contributed by atoms with Crippen LogP contribution in [-0.2, 0) is 19.6 Å². The summed E-state index contributed by atoms with van der Waals surface area (Å²) in [4.78, 5) is 23.7. The number of nitrogens with two attached hydrogens (primary N) is 1. The molecule has 0 fully saturated rings. The molecule has 26 heavy (non-hydrogen) atoms. The van der Waals surface area contributed by atoms with E-state index in [1.54, 1.807) is 24.3 Å². The average molecular weight is 378 g/mol. The highest BCUT2D eigenvalue weighted by Gasteiger charge is 2.14. The molecule has 0 aliphatic rings. The Labute approximate surface area is 151 Å². The van der Waals surface area contributed by atoms with E-state index in [4.69, 9.17) is 14.6 Å². The minimum absolute atomic E-state index is 0.0971. The number of primary sulfonamides is 1. The van der Waals surface area contributed by atoms with Crippen LogP contribution >= 0.6 is 0 Å². The quantitative estimate of drug-likeness (QED) is 0.704. The summed E-state index contributed by atoms with van der Waals surface area (Å²) in [6.07, 6.45) is 0. The molecule has 0 atom stereocenters. The standard InChI is InChI=1S/C17H18N2O6S/c1-2-24-15-6-4-3-5-14(15)19-16(20)11-25-17(21)12-7-9-13(10-8-12)26(18,22)23/h3-10H,2,11H2,1H3,(H,19,20)(H2,18,22,23). The van der Waals surface area contributed by atoms with Gasteiger partial charge in [0.15, 0.2) is 6.61 Å².